The normalized spacial score (nSPS) is 18.9. The average Bonchev–Trinajstić information content (AvgIpc) is 2.34. The summed E-state index contributed by atoms with van der Waals surface area (Å²) in [6.45, 7) is 3.89. The van der Waals surface area contributed by atoms with Gasteiger partial charge in [0.25, 0.3) is 5.91 Å². The molecule has 0 aromatic heterocycles. The van der Waals surface area contributed by atoms with E-state index in [0.29, 0.717) is 0 Å². The lowest BCUT2D eigenvalue weighted by molar-refractivity contribution is 0.0930. The van der Waals surface area contributed by atoms with Gasteiger partial charge < -0.3 is 10.6 Å². The summed E-state index contributed by atoms with van der Waals surface area (Å²) in [6.07, 6.45) is 2.19. The SMILES string of the molecule is Cc1c(Br)cccc1C(=O)NC1CCCNC1.Cl. The summed E-state index contributed by atoms with van der Waals surface area (Å²) in [7, 11) is 0. The van der Waals surface area contributed by atoms with Gasteiger partial charge in [0.1, 0.15) is 0 Å². The van der Waals surface area contributed by atoms with E-state index in [2.05, 4.69) is 26.6 Å². The van der Waals surface area contributed by atoms with Crippen LogP contribution in [0.5, 0.6) is 0 Å². The highest BCUT2D eigenvalue weighted by molar-refractivity contribution is 9.10. The molecule has 1 aliphatic heterocycles. The number of carbonyl (C=O) groups is 1. The molecule has 100 valence electrons. The third-order valence-electron chi connectivity index (χ3n) is 3.14. The maximum Gasteiger partial charge on any atom is 0.251 e. The van der Waals surface area contributed by atoms with Crippen molar-refractivity contribution in [1.82, 2.24) is 10.6 Å². The third kappa shape index (κ3) is 3.70. The van der Waals surface area contributed by atoms with Crippen LogP contribution in [-0.4, -0.2) is 25.0 Å². The summed E-state index contributed by atoms with van der Waals surface area (Å²) >= 11 is 3.45. The van der Waals surface area contributed by atoms with Crippen molar-refractivity contribution >= 4 is 34.2 Å². The van der Waals surface area contributed by atoms with Gasteiger partial charge in [0, 0.05) is 22.6 Å². The van der Waals surface area contributed by atoms with Crippen molar-refractivity contribution in [3.05, 3.63) is 33.8 Å². The van der Waals surface area contributed by atoms with Crippen LogP contribution in [0.25, 0.3) is 0 Å². The summed E-state index contributed by atoms with van der Waals surface area (Å²) in [4.78, 5) is 12.1. The maximum absolute atomic E-state index is 12.1. The van der Waals surface area contributed by atoms with Crippen molar-refractivity contribution in [3.8, 4) is 0 Å². The Bertz CT molecular complexity index is 419. The van der Waals surface area contributed by atoms with Gasteiger partial charge in [-0.15, -0.1) is 12.4 Å². The van der Waals surface area contributed by atoms with Crippen LogP contribution in [0.1, 0.15) is 28.8 Å². The largest absolute Gasteiger partial charge is 0.348 e. The Balaban J connectivity index is 0.00000162. The first kappa shape index (κ1) is 15.5. The molecule has 5 heteroatoms. The predicted octanol–water partition coefficient (Wildman–Crippen LogP) is 2.66. The van der Waals surface area contributed by atoms with Crippen LogP contribution >= 0.6 is 28.3 Å². The van der Waals surface area contributed by atoms with E-state index >= 15 is 0 Å². The lowest BCUT2D eigenvalue weighted by Gasteiger charge is -2.24. The van der Waals surface area contributed by atoms with E-state index in [0.717, 1.165) is 41.5 Å². The molecule has 0 radical (unpaired) electrons. The molecule has 1 atom stereocenters. The fourth-order valence-corrected chi connectivity index (χ4v) is 2.46. The van der Waals surface area contributed by atoms with Crippen LogP contribution in [-0.2, 0) is 0 Å². The molecule has 0 spiro atoms. The summed E-state index contributed by atoms with van der Waals surface area (Å²) in [5.41, 5.74) is 1.75. The number of rotatable bonds is 2. The first-order valence-electron chi connectivity index (χ1n) is 5.95. The minimum Gasteiger partial charge on any atom is -0.348 e. The van der Waals surface area contributed by atoms with Gasteiger partial charge in [0.2, 0.25) is 0 Å². The quantitative estimate of drug-likeness (QED) is 0.873. The zero-order valence-corrected chi connectivity index (χ0v) is 12.7. The molecular formula is C13H18BrClN2O. The highest BCUT2D eigenvalue weighted by Crippen LogP contribution is 2.19. The molecule has 1 amide bonds. The Hall–Kier alpha value is -0.580. The van der Waals surface area contributed by atoms with Crippen LogP contribution in [0, 0.1) is 6.92 Å². The Morgan fingerprint density at radius 2 is 2.28 bits per heavy atom. The van der Waals surface area contributed by atoms with Crippen LogP contribution in [0.3, 0.4) is 0 Å². The summed E-state index contributed by atoms with van der Waals surface area (Å²) in [6, 6.07) is 5.97. The van der Waals surface area contributed by atoms with E-state index in [1.165, 1.54) is 0 Å². The Morgan fingerprint density at radius 3 is 2.94 bits per heavy atom. The number of hydrogen-bond donors (Lipinski definition) is 2. The molecule has 0 aliphatic carbocycles. The fraction of sp³-hybridized carbons (Fsp3) is 0.462. The van der Waals surface area contributed by atoms with Gasteiger partial charge in [-0.1, -0.05) is 22.0 Å². The molecule has 2 rings (SSSR count). The monoisotopic (exact) mass is 332 g/mol. The molecule has 1 aliphatic rings. The summed E-state index contributed by atoms with van der Waals surface area (Å²) in [5.74, 6) is 0.0255. The van der Waals surface area contributed by atoms with E-state index in [9.17, 15) is 4.79 Å². The number of amides is 1. The molecule has 0 saturated carbocycles. The van der Waals surface area contributed by atoms with E-state index in [1.54, 1.807) is 0 Å². The molecule has 1 unspecified atom stereocenters. The van der Waals surface area contributed by atoms with Crippen LogP contribution in [0.15, 0.2) is 22.7 Å². The topological polar surface area (TPSA) is 41.1 Å². The number of carbonyl (C=O) groups excluding carboxylic acids is 1. The molecule has 3 nitrogen and oxygen atoms in total. The summed E-state index contributed by atoms with van der Waals surface area (Å²) < 4.78 is 0.979. The Labute approximate surface area is 122 Å². The van der Waals surface area contributed by atoms with E-state index in [1.807, 2.05) is 25.1 Å². The Kier molecular flexibility index (Phi) is 6.12. The molecule has 2 N–H and O–H groups in total. The van der Waals surface area contributed by atoms with Gasteiger partial charge in [0.15, 0.2) is 0 Å². The molecule has 1 heterocycles. The van der Waals surface area contributed by atoms with Gasteiger partial charge in [-0.3, -0.25) is 4.79 Å². The zero-order chi connectivity index (χ0) is 12.3. The van der Waals surface area contributed by atoms with Gasteiger partial charge >= 0.3 is 0 Å². The van der Waals surface area contributed by atoms with Gasteiger partial charge in [0.05, 0.1) is 0 Å². The van der Waals surface area contributed by atoms with Gasteiger partial charge in [-0.2, -0.15) is 0 Å². The van der Waals surface area contributed by atoms with Crippen molar-refractivity contribution in [2.45, 2.75) is 25.8 Å². The average molecular weight is 334 g/mol. The number of halogens is 2. The van der Waals surface area contributed by atoms with Gasteiger partial charge in [-0.05, 0) is 44.0 Å². The molecule has 1 saturated heterocycles. The molecule has 18 heavy (non-hydrogen) atoms. The second-order valence-electron chi connectivity index (χ2n) is 4.43. The minimum absolute atomic E-state index is 0. The second kappa shape index (κ2) is 7.12. The zero-order valence-electron chi connectivity index (χ0n) is 10.3. The molecule has 1 aromatic carbocycles. The van der Waals surface area contributed by atoms with Crippen LogP contribution < -0.4 is 10.6 Å². The lowest BCUT2D eigenvalue weighted by atomic mass is 10.1. The highest BCUT2D eigenvalue weighted by atomic mass is 79.9. The van der Waals surface area contributed by atoms with Crippen molar-refractivity contribution < 1.29 is 4.79 Å². The number of benzene rings is 1. The fourth-order valence-electron chi connectivity index (χ4n) is 2.09. The van der Waals surface area contributed by atoms with Crippen molar-refractivity contribution in [1.29, 1.82) is 0 Å². The number of nitrogens with one attached hydrogen (secondary N) is 2. The van der Waals surface area contributed by atoms with E-state index < -0.39 is 0 Å². The van der Waals surface area contributed by atoms with Crippen LogP contribution in [0.2, 0.25) is 0 Å². The van der Waals surface area contributed by atoms with E-state index in [-0.39, 0.29) is 24.4 Å². The number of hydrogen-bond acceptors (Lipinski definition) is 2. The maximum atomic E-state index is 12.1. The summed E-state index contributed by atoms with van der Waals surface area (Å²) in [5, 5.41) is 6.37. The first-order valence-corrected chi connectivity index (χ1v) is 6.74. The standard InChI is InChI=1S/C13H17BrN2O.ClH/c1-9-11(5-2-6-12(9)14)13(17)16-10-4-3-7-15-8-10;/h2,5-6,10,15H,3-4,7-8H2,1H3,(H,16,17);1H. The molecular weight excluding hydrogens is 316 g/mol. The predicted molar refractivity (Wildman–Crippen MR) is 79.5 cm³/mol. The third-order valence-corrected chi connectivity index (χ3v) is 4.00. The lowest BCUT2D eigenvalue weighted by Crippen LogP contribution is -2.45. The molecule has 1 aromatic rings. The molecule has 1 fully saturated rings. The highest BCUT2D eigenvalue weighted by Gasteiger charge is 2.17. The van der Waals surface area contributed by atoms with E-state index in [4.69, 9.17) is 0 Å². The first-order chi connectivity index (χ1) is 8.18. The van der Waals surface area contributed by atoms with Crippen LogP contribution in [0.4, 0.5) is 0 Å². The Morgan fingerprint density at radius 1 is 1.50 bits per heavy atom. The second-order valence-corrected chi connectivity index (χ2v) is 5.28. The number of piperidine rings is 1. The van der Waals surface area contributed by atoms with Crippen molar-refractivity contribution in [2.24, 2.45) is 0 Å². The van der Waals surface area contributed by atoms with Gasteiger partial charge in [-0.25, -0.2) is 0 Å². The van der Waals surface area contributed by atoms with Crippen molar-refractivity contribution in [2.75, 3.05) is 13.1 Å². The molecule has 0 bridgehead atoms. The van der Waals surface area contributed by atoms with Crippen molar-refractivity contribution in [3.63, 3.8) is 0 Å². The smallest absolute Gasteiger partial charge is 0.251 e. The minimum atomic E-state index is 0.